The van der Waals surface area contributed by atoms with E-state index in [1.807, 2.05) is 19.1 Å². The predicted octanol–water partition coefficient (Wildman–Crippen LogP) is 4.59. The Morgan fingerprint density at radius 2 is 1.74 bits per heavy atom. The Labute approximate surface area is 153 Å². The lowest BCUT2D eigenvalue weighted by atomic mass is 10.1. The van der Waals surface area contributed by atoms with Crippen LogP contribution in [-0.4, -0.2) is 23.2 Å². The molecule has 0 unspecified atom stereocenters. The van der Waals surface area contributed by atoms with Crippen molar-refractivity contribution in [2.45, 2.75) is 19.1 Å². The van der Waals surface area contributed by atoms with Gasteiger partial charge in [0.2, 0.25) is 5.82 Å². The smallest absolute Gasteiger partial charge is 0.451 e. The molecule has 0 fully saturated rings. The lowest BCUT2D eigenvalue weighted by Crippen LogP contribution is -2.17. The van der Waals surface area contributed by atoms with Crippen molar-refractivity contribution in [2.24, 2.45) is 0 Å². The first kappa shape index (κ1) is 17.4. The van der Waals surface area contributed by atoms with Gasteiger partial charge in [-0.05, 0) is 36.8 Å². The van der Waals surface area contributed by atoms with Crippen molar-refractivity contribution in [3.8, 4) is 11.5 Å². The minimum absolute atomic E-state index is 0.135. The van der Waals surface area contributed by atoms with E-state index in [-0.39, 0.29) is 17.4 Å². The Bertz CT molecular complexity index is 992. The largest absolute Gasteiger partial charge is 0.486 e. The molecule has 5 nitrogen and oxygen atoms in total. The Morgan fingerprint density at radius 1 is 1.00 bits per heavy atom. The van der Waals surface area contributed by atoms with Crippen LogP contribution in [0.5, 0.6) is 11.5 Å². The van der Waals surface area contributed by atoms with Crippen molar-refractivity contribution in [3.63, 3.8) is 0 Å². The van der Waals surface area contributed by atoms with Crippen LogP contribution in [-0.2, 0) is 6.18 Å². The number of aromatic nitrogens is 2. The number of para-hydroxylation sites is 1. The lowest BCUT2D eigenvalue weighted by Gasteiger charge is -2.22. The SMILES string of the molecule is C[C@H](Nc1nc(C(F)(F)F)nc2ccccc12)c1ccc2c(c1)OCCO2. The van der Waals surface area contributed by atoms with Crippen molar-refractivity contribution in [1.29, 1.82) is 0 Å². The summed E-state index contributed by atoms with van der Waals surface area (Å²) >= 11 is 0. The topological polar surface area (TPSA) is 56.3 Å². The summed E-state index contributed by atoms with van der Waals surface area (Å²) in [6.45, 7) is 2.80. The number of ether oxygens (including phenoxy) is 2. The number of anilines is 1. The van der Waals surface area contributed by atoms with Crippen molar-refractivity contribution in [1.82, 2.24) is 9.97 Å². The first-order valence-electron chi connectivity index (χ1n) is 8.42. The first-order chi connectivity index (χ1) is 12.9. The van der Waals surface area contributed by atoms with Crippen LogP contribution in [0.1, 0.15) is 24.4 Å². The fourth-order valence-corrected chi connectivity index (χ4v) is 2.93. The molecule has 0 saturated heterocycles. The standard InChI is InChI=1S/C19H16F3N3O2/c1-11(12-6-7-15-16(10-12)27-9-8-26-15)23-17-13-4-2-3-5-14(13)24-18(25-17)19(20,21)22/h2-7,10-11H,8-9H2,1H3,(H,23,24,25)/t11-/m0/s1. The van der Waals surface area contributed by atoms with Gasteiger partial charge < -0.3 is 14.8 Å². The first-order valence-corrected chi connectivity index (χ1v) is 8.42. The molecule has 1 N–H and O–H groups in total. The van der Waals surface area contributed by atoms with E-state index in [1.54, 1.807) is 24.3 Å². The maximum absolute atomic E-state index is 13.2. The molecule has 0 aliphatic carbocycles. The molecule has 0 amide bonds. The van der Waals surface area contributed by atoms with E-state index in [2.05, 4.69) is 15.3 Å². The predicted molar refractivity (Wildman–Crippen MR) is 94.0 cm³/mol. The van der Waals surface area contributed by atoms with Gasteiger partial charge in [0, 0.05) is 5.39 Å². The molecule has 0 radical (unpaired) electrons. The van der Waals surface area contributed by atoms with Crippen LogP contribution in [0.15, 0.2) is 42.5 Å². The second-order valence-corrected chi connectivity index (χ2v) is 6.18. The minimum Gasteiger partial charge on any atom is -0.486 e. The van der Waals surface area contributed by atoms with Gasteiger partial charge in [-0.3, -0.25) is 0 Å². The molecule has 140 valence electrons. The number of fused-ring (bicyclic) bond motifs is 2. The van der Waals surface area contributed by atoms with Crippen LogP contribution in [0.4, 0.5) is 19.0 Å². The third-order valence-electron chi connectivity index (χ3n) is 4.28. The van der Waals surface area contributed by atoms with E-state index in [0.717, 1.165) is 5.56 Å². The zero-order chi connectivity index (χ0) is 19.0. The molecule has 2 heterocycles. The van der Waals surface area contributed by atoms with Gasteiger partial charge in [-0.25, -0.2) is 9.97 Å². The van der Waals surface area contributed by atoms with Gasteiger partial charge in [0.15, 0.2) is 11.5 Å². The number of benzene rings is 2. The highest BCUT2D eigenvalue weighted by Crippen LogP contribution is 2.35. The molecular weight excluding hydrogens is 359 g/mol. The Morgan fingerprint density at radius 3 is 2.52 bits per heavy atom. The fourth-order valence-electron chi connectivity index (χ4n) is 2.93. The second-order valence-electron chi connectivity index (χ2n) is 6.18. The van der Waals surface area contributed by atoms with Crippen molar-refractivity contribution >= 4 is 16.7 Å². The van der Waals surface area contributed by atoms with Gasteiger partial charge in [0.05, 0.1) is 11.6 Å². The van der Waals surface area contributed by atoms with Gasteiger partial charge in [0.25, 0.3) is 0 Å². The molecule has 0 bridgehead atoms. The van der Waals surface area contributed by atoms with Crippen molar-refractivity contribution in [3.05, 3.63) is 53.9 Å². The average Bonchev–Trinajstić information content (AvgIpc) is 2.66. The monoisotopic (exact) mass is 375 g/mol. The Hall–Kier alpha value is -3.03. The highest BCUT2D eigenvalue weighted by Gasteiger charge is 2.35. The Balaban J connectivity index is 1.70. The van der Waals surface area contributed by atoms with Gasteiger partial charge >= 0.3 is 6.18 Å². The summed E-state index contributed by atoms with van der Waals surface area (Å²) in [7, 11) is 0. The summed E-state index contributed by atoms with van der Waals surface area (Å²) < 4.78 is 50.6. The van der Waals surface area contributed by atoms with Crippen LogP contribution >= 0.6 is 0 Å². The average molecular weight is 375 g/mol. The van der Waals surface area contributed by atoms with Gasteiger partial charge in [0.1, 0.15) is 19.0 Å². The molecule has 0 saturated carbocycles. The maximum Gasteiger partial charge on any atom is 0.451 e. The van der Waals surface area contributed by atoms with E-state index in [9.17, 15) is 13.2 Å². The molecule has 3 aromatic rings. The normalized spacial score (nSPS) is 14.8. The van der Waals surface area contributed by atoms with Crippen LogP contribution in [0.25, 0.3) is 10.9 Å². The fraction of sp³-hybridized carbons (Fsp3) is 0.263. The molecule has 1 aliphatic heterocycles. The highest BCUT2D eigenvalue weighted by atomic mass is 19.4. The molecule has 1 aromatic heterocycles. The number of nitrogens with zero attached hydrogens (tertiary/aromatic N) is 2. The van der Waals surface area contributed by atoms with Gasteiger partial charge in [-0.1, -0.05) is 18.2 Å². The van der Waals surface area contributed by atoms with Gasteiger partial charge in [-0.2, -0.15) is 13.2 Å². The van der Waals surface area contributed by atoms with E-state index >= 15 is 0 Å². The lowest BCUT2D eigenvalue weighted by molar-refractivity contribution is -0.144. The molecule has 1 atom stereocenters. The number of halogens is 3. The number of alkyl halides is 3. The minimum atomic E-state index is -4.62. The van der Waals surface area contributed by atoms with Crippen LogP contribution in [0, 0.1) is 0 Å². The molecule has 27 heavy (non-hydrogen) atoms. The molecular formula is C19H16F3N3O2. The molecule has 2 aromatic carbocycles. The Kier molecular flexibility index (Phi) is 4.25. The number of nitrogens with one attached hydrogen (secondary N) is 1. The summed E-state index contributed by atoms with van der Waals surface area (Å²) in [5, 5.41) is 3.60. The molecule has 4 rings (SSSR count). The molecule has 8 heteroatoms. The van der Waals surface area contributed by atoms with E-state index in [4.69, 9.17) is 9.47 Å². The highest BCUT2D eigenvalue weighted by molar-refractivity contribution is 5.89. The zero-order valence-electron chi connectivity index (χ0n) is 14.4. The second kappa shape index (κ2) is 6.61. The van der Waals surface area contributed by atoms with Gasteiger partial charge in [-0.15, -0.1) is 0 Å². The number of hydrogen-bond donors (Lipinski definition) is 1. The van der Waals surface area contributed by atoms with Crippen LogP contribution in [0.3, 0.4) is 0 Å². The third-order valence-corrected chi connectivity index (χ3v) is 4.28. The molecule has 1 aliphatic rings. The maximum atomic E-state index is 13.2. The summed E-state index contributed by atoms with van der Waals surface area (Å²) in [5.41, 5.74) is 1.08. The van der Waals surface area contributed by atoms with Crippen LogP contribution in [0.2, 0.25) is 0 Å². The molecule has 0 spiro atoms. The summed E-state index contributed by atoms with van der Waals surface area (Å²) in [5.74, 6) is 0.244. The van der Waals surface area contributed by atoms with Crippen LogP contribution < -0.4 is 14.8 Å². The summed E-state index contributed by atoms with van der Waals surface area (Å²) in [4.78, 5) is 7.35. The summed E-state index contributed by atoms with van der Waals surface area (Å²) in [6.07, 6.45) is -4.62. The van der Waals surface area contributed by atoms with Crippen molar-refractivity contribution in [2.75, 3.05) is 18.5 Å². The van der Waals surface area contributed by atoms with Crippen molar-refractivity contribution < 1.29 is 22.6 Å². The van der Waals surface area contributed by atoms with E-state index < -0.39 is 12.0 Å². The summed E-state index contributed by atoms with van der Waals surface area (Å²) in [6, 6.07) is 11.8. The van der Waals surface area contributed by atoms with E-state index in [1.165, 1.54) is 6.07 Å². The number of hydrogen-bond acceptors (Lipinski definition) is 5. The van der Waals surface area contributed by atoms with E-state index in [0.29, 0.717) is 30.1 Å². The quantitative estimate of drug-likeness (QED) is 0.726. The third kappa shape index (κ3) is 3.47. The number of rotatable bonds is 3. The zero-order valence-corrected chi connectivity index (χ0v) is 14.4.